The van der Waals surface area contributed by atoms with E-state index in [-0.39, 0.29) is 11.4 Å². The van der Waals surface area contributed by atoms with Crippen LogP contribution in [0.15, 0.2) is 59.7 Å². The maximum absolute atomic E-state index is 12.6. The van der Waals surface area contributed by atoms with Crippen LogP contribution in [0.5, 0.6) is 5.75 Å². The summed E-state index contributed by atoms with van der Waals surface area (Å²) in [6.07, 6.45) is 1.74. The molecule has 0 bridgehead atoms. The molecule has 0 radical (unpaired) electrons. The Kier molecular flexibility index (Phi) is 4.98. The minimum Gasteiger partial charge on any atom is -0.494 e. The summed E-state index contributed by atoms with van der Waals surface area (Å²) in [5.41, 5.74) is 3.28. The van der Waals surface area contributed by atoms with Gasteiger partial charge in [-0.1, -0.05) is 36.4 Å². The highest BCUT2D eigenvalue weighted by atomic mass is 16.5. The number of carbonyl (C=O) groups is 2. The molecule has 0 amide bonds. The number of Topliss-reactive ketones (excluding diaryl/α,β-unsaturated/α-hetero) is 1. The summed E-state index contributed by atoms with van der Waals surface area (Å²) in [5, 5.41) is 9.21. The third-order valence-corrected chi connectivity index (χ3v) is 4.40. The van der Waals surface area contributed by atoms with E-state index < -0.39 is 5.97 Å². The monoisotopic (exact) mass is 336 g/mol. The van der Waals surface area contributed by atoms with Crippen molar-refractivity contribution >= 4 is 11.8 Å². The standard InChI is InChI=1S/C21H20O4/c1-2-25-17-12-10-15(11-13-17)14-6-8-16(9-7-14)20(22)18-4-3-5-19(18)21(23)24/h6-13H,2-5H2,1H3,(H,23,24). The molecule has 2 aromatic rings. The van der Waals surface area contributed by atoms with E-state index in [1.54, 1.807) is 12.1 Å². The van der Waals surface area contributed by atoms with Gasteiger partial charge < -0.3 is 9.84 Å². The molecule has 25 heavy (non-hydrogen) atoms. The maximum Gasteiger partial charge on any atom is 0.331 e. The fourth-order valence-electron chi connectivity index (χ4n) is 3.13. The Morgan fingerprint density at radius 1 is 0.920 bits per heavy atom. The fourth-order valence-corrected chi connectivity index (χ4v) is 3.13. The van der Waals surface area contributed by atoms with Crippen molar-refractivity contribution in [1.82, 2.24) is 0 Å². The van der Waals surface area contributed by atoms with Crippen LogP contribution in [0.25, 0.3) is 11.1 Å². The molecular formula is C21H20O4. The molecule has 128 valence electrons. The molecule has 4 heteroatoms. The summed E-state index contributed by atoms with van der Waals surface area (Å²) in [7, 11) is 0. The lowest BCUT2D eigenvalue weighted by Gasteiger charge is -2.07. The van der Waals surface area contributed by atoms with Crippen LogP contribution < -0.4 is 4.74 Å². The molecule has 0 spiro atoms. The second-order valence-electron chi connectivity index (χ2n) is 5.98. The smallest absolute Gasteiger partial charge is 0.331 e. The molecule has 0 aromatic heterocycles. The summed E-state index contributed by atoms with van der Waals surface area (Å²) >= 11 is 0. The zero-order chi connectivity index (χ0) is 17.8. The number of ether oxygens (including phenoxy) is 1. The molecule has 1 N–H and O–H groups in total. The molecule has 0 atom stereocenters. The molecule has 2 aromatic carbocycles. The van der Waals surface area contributed by atoms with Gasteiger partial charge in [-0.2, -0.15) is 0 Å². The summed E-state index contributed by atoms with van der Waals surface area (Å²) in [5.74, 6) is -0.326. The van der Waals surface area contributed by atoms with Gasteiger partial charge in [0.1, 0.15) is 5.75 Å². The largest absolute Gasteiger partial charge is 0.494 e. The number of aliphatic carboxylic acids is 1. The van der Waals surface area contributed by atoms with E-state index in [1.807, 2.05) is 43.3 Å². The van der Waals surface area contributed by atoms with Crippen molar-refractivity contribution in [3.8, 4) is 16.9 Å². The zero-order valence-electron chi connectivity index (χ0n) is 14.1. The second kappa shape index (κ2) is 7.34. The average molecular weight is 336 g/mol. The Labute approximate surface area is 146 Å². The second-order valence-corrected chi connectivity index (χ2v) is 5.98. The molecule has 0 saturated heterocycles. The molecule has 0 saturated carbocycles. The average Bonchev–Trinajstić information content (AvgIpc) is 3.12. The molecule has 4 nitrogen and oxygen atoms in total. The lowest BCUT2D eigenvalue weighted by molar-refractivity contribution is -0.132. The van der Waals surface area contributed by atoms with Crippen LogP contribution in [0.1, 0.15) is 36.5 Å². The number of carboxylic acids is 1. The number of carboxylic acid groups (broad SMARTS) is 1. The van der Waals surface area contributed by atoms with Crippen LogP contribution in [0.4, 0.5) is 0 Å². The highest BCUT2D eigenvalue weighted by Gasteiger charge is 2.25. The number of hydrogen-bond donors (Lipinski definition) is 1. The lowest BCUT2D eigenvalue weighted by atomic mass is 9.97. The van der Waals surface area contributed by atoms with Crippen LogP contribution in [0.2, 0.25) is 0 Å². The van der Waals surface area contributed by atoms with E-state index in [9.17, 15) is 14.7 Å². The Balaban J connectivity index is 1.81. The highest BCUT2D eigenvalue weighted by Crippen LogP contribution is 2.30. The Bertz CT molecular complexity index is 814. The number of hydrogen-bond acceptors (Lipinski definition) is 3. The molecule has 0 heterocycles. The third-order valence-electron chi connectivity index (χ3n) is 4.40. The number of ketones is 1. The molecule has 1 aliphatic rings. The Morgan fingerprint density at radius 3 is 2.04 bits per heavy atom. The van der Waals surface area contributed by atoms with Crippen molar-refractivity contribution in [2.24, 2.45) is 0 Å². The van der Waals surface area contributed by atoms with Crippen molar-refractivity contribution in [1.29, 1.82) is 0 Å². The minimum atomic E-state index is -0.980. The molecular weight excluding hydrogens is 316 g/mol. The SMILES string of the molecule is CCOc1ccc(-c2ccc(C(=O)C3=C(C(=O)O)CCC3)cc2)cc1. The lowest BCUT2D eigenvalue weighted by Crippen LogP contribution is -2.08. The van der Waals surface area contributed by atoms with E-state index in [2.05, 4.69) is 0 Å². The van der Waals surface area contributed by atoms with Crippen LogP contribution in [0.3, 0.4) is 0 Å². The first kappa shape index (κ1) is 17.0. The fraction of sp³-hybridized carbons (Fsp3) is 0.238. The topological polar surface area (TPSA) is 63.6 Å². The van der Waals surface area contributed by atoms with Gasteiger partial charge in [0.25, 0.3) is 0 Å². The summed E-state index contributed by atoms with van der Waals surface area (Å²) in [6, 6.07) is 15.1. The number of rotatable bonds is 6. The van der Waals surface area contributed by atoms with Crippen molar-refractivity contribution < 1.29 is 19.4 Å². The predicted molar refractivity (Wildman–Crippen MR) is 95.9 cm³/mol. The van der Waals surface area contributed by atoms with Gasteiger partial charge in [0, 0.05) is 16.7 Å². The van der Waals surface area contributed by atoms with Crippen LogP contribution in [-0.4, -0.2) is 23.5 Å². The molecule has 1 aliphatic carbocycles. The third kappa shape index (κ3) is 3.63. The number of allylic oxidation sites excluding steroid dienone is 1. The Morgan fingerprint density at radius 2 is 1.48 bits per heavy atom. The van der Waals surface area contributed by atoms with E-state index in [0.717, 1.165) is 23.3 Å². The van der Waals surface area contributed by atoms with E-state index >= 15 is 0 Å². The first-order chi connectivity index (χ1) is 12.1. The number of carbonyl (C=O) groups excluding carboxylic acids is 1. The van der Waals surface area contributed by atoms with E-state index in [4.69, 9.17) is 4.74 Å². The highest BCUT2D eigenvalue weighted by molar-refractivity contribution is 6.13. The van der Waals surface area contributed by atoms with Crippen molar-refractivity contribution in [3.63, 3.8) is 0 Å². The quantitative estimate of drug-likeness (QED) is 0.789. The molecule has 0 unspecified atom stereocenters. The van der Waals surface area contributed by atoms with Crippen LogP contribution in [-0.2, 0) is 4.79 Å². The van der Waals surface area contributed by atoms with Crippen molar-refractivity contribution in [2.45, 2.75) is 26.2 Å². The van der Waals surface area contributed by atoms with Crippen LogP contribution in [0, 0.1) is 0 Å². The molecule has 3 rings (SSSR count). The summed E-state index contributed by atoms with van der Waals surface area (Å²) in [6.45, 7) is 2.57. The molecule has 0 fully saturated rings. The van der Waals surface area contributed by atoms with Gasteiger partial charge in [0.2, 0.25) is 0 Å². The first-order valence-electron chi connectivity index (χ1n) is 8.43. The van der Waals surface area contributed by atoms with Crippen molar-refractivity contribution in [2.75, 3.05) is 6.61 Å². The summed E-state index contributed by atoms with van der Waals surface area (Å²) in [4.78, 5) is 23.8. The van der Waals surface area contributed by atoms with Gasteiger partial charge in [-0.15, -0.1) is 0 Å². The van der Waals surface area contributed by atoms with E-state index in [1.165, 1.54) is 0 Å². The normalized spacial score (nSPS) is 13.8. The van der Waals surface area contributed by atoms with Gasteiger partial charge in [-0.05, 0) is 49.4 Å². The first-order valence-corrected chi connectivity index (χ1v) is 8.43. The summed E-state index contributed by atoms with van der Waals surface area (Å²) < 4.78 is 5.44. The van der Waals surface area contributed by atoms with Gasteiger partial charge >= 0.3 is 5.97 Å². The zero-order valence-corrected chi connectivity index (χ0v) is 14.1. The van der Waals surface area contributed by atoms with Crippen LogP contribution >= 0.6 is 0 Å². The van der Waals surface area contributed by atoms with Gasteiger partial charge in [0.15, 0.2) is 5.78 Å². The van der Waals surface area contributed by atoms with Gasteiger partial charge in [0.05, 0.1) is 6.61 Å². The van der Waals surface area contributed by atoms with E-state index in [0.29, 0.717) is 30.6 Å². The maximum atomic E-state index is 12.6. The number of benzene rings is 2. The minimum absolute atomic E-state index is 0.173. The van der Waals surface area contributed by atoms with Gasteiger partial charge in [-0.25, -0.2) is 4.79 Å². The Hall–Kier alpha value is -2.88. The molecule has 0 aliphatic heterocycles. The predicted octanol–water partition coefficient (Wildman–Crippen LogP) is 4.50. The van der Waals surface area contributed by atoms with Crippen molar-refractivity contribution in [3.05, 3.63) is 65.2 Å². The van der Waals surface area contributed by atoms with Gasteiger partial charge in [-0.3, -0.25) is 4.79 Å².